The number of likely N-dealkylation sites (tertiary alicyclic amines) is 1. The van der Waals surface area contributed by atoms with E-state index in [9.17, 15) is 4.79 Å². The van der Waals surface area contributed by atoms with Crippen LogP contribution in [0.4, 0.5) is 0 Å². The summed E-state index contributed by atoms with van der Waals surface area (Å²) in [5, 5.41) is 0. The van der Waals surface area contributed by atoms with Gasteiger partial charge in [-0.1, -0.05) is 0 Å². The Hall–Kier alpha value is -1.42. The lowest BCUT2D eigenvalue weighted by molar-refractivity contribution is 0.0783. The molecule has 0 saturated carbocycles. The van der Waals surface area contributed by atoms with Gasteiger partial charge < -0.3 is 14.4 Å². The number of rotatable bonds is 5. The molecule has 110 valence electrons. The molecule has 0 radical (unpaired) electrons. The molecule has 1 saturated heterocycles. The first kappa shape index (κ1) is 15.0. The normalized spacial score (nSPS) is 18.1. The van der Waals surface area contributed by atoms with Gasteiger partial charge in [0, 0.05) is 25.0 Å². The Kier molecular flexibility index (Phi) is 5.12. The van der Waals surface area contributed by atoms with Crippen molar-refractivity contribution in [1.29, 1.82) is 0 Å². The first-order valence-corrected chi connectivity index (χ1v) is 7.30. The van der Waals surface area contributed by atoms with E-state index in [1.54, 1.807) is 32.4 Å². The van der Waals surface area contributed by atoms with Gasteiger partial charge in [0.05, 0.1) is 19.8 Å². The first-order chi connectivity index (χ1) is 9.69. The predicted octanol–water partition coefficient (Wildman–Crippen LogP) is 2.79. The fourth-order valence-corrected chi connectivity index (χ4v) is 2.86. The lowest BCUT2D eigenvalue weighted by Crippen LogP contribution is -2.29. The van der Waals surface area contributed by atoms with Gasteiger partial charge >= 0.3 is 0 Å². The maximum absolute atomic E-state index is 12.5. The van der Waals surface area contributed by atoms with Crippen molar-refractivity contribution in [3.05, 3.63) is 23.8 Å². The number of methoxy groups -OCH3 is 2. The van der Waals surface area contributed by atoms with Crippen LogP contribution in [0.2, 0.25) is 0 Å². The largest absolute Gasteiger partial charge is 0.497 e. The van der Waals surface area contributed by atoms with Crippen LogP contribution in [0.15, 0.2) is 18.2 Å². The second-order valence-corrected chi connectivity index (χ2v) is 5.33. The summed E-state index contributed by atoms with van der Waals surface area (Å²) in [5.41, 5.74) is 0.583. The van der Waals surface area contributed by atoms with Crippen molar-refractivity contribution in [3.8, 4) is 11.5 Å². The highest BCUT2D eigenvalue weighted by molar-refractivity contribution is 6.17. The number of carbonyl (C=O) groups excluding carboxylic acids is 1. The zero-order valence-corrected chi connectivity index (χ0v) is 12.7. The quantitative estimate of drug-likeness (QED) is 0.785. The third-order valence-corrected chi connectivity index (χ3v) is 3.95. The molecule has 0 N–H and O–H groups in total. The van der Waals surface area contributed by atoms with Gasteiger partial charge in [0.1, 0.15) is 11.5 Å². The van der Waals surface area contributed by atoms with E-state index >= 15 is 0 Å². The Morgan fingerprint density at radius 2 is 2.20 bits per heavy atom. The van der Waals surface area contributed by atoms with Gasteiger partial charge in [0.25, 0.3) is 5.91 Å². The van der Waals surface area contributed by atoms with Crippen LogP contribution in [-0.2, 0) is 0 Å². The van der Waals surface area contributed by atoms with Gasteiger partial charge in [-0.05, 0) is 30.9 Å². The topological polar surface area (TPSA) is 38.8 Å². The van der Waals surface area contributed by atoms with Crippen molar-refractivity contribution in [2.45, 2.75) is 12.8 Å². The Bertz CT molecular complexity index is 478. The fourth-order valence-electron chi connectivity index (χ4n) is 2.55. The van der Waals surface area contributed by atoms with E-state index in [0.717, 1.165) is 25.9 Å². The van der Waals surface area contributed by atoms with Gasteiger partial charge in [0.15, 0.2) is 0 Å². The highest BCUT2D eigenvalue weighted by atomic mass is 35.5. The smallest absolute Gasteiger partial charge is 0.257 e. The van der Waals surface area contributed by atoms with E-state index in [1.807, 2.05) is 4.90 Å². The van der Waals surface area contributed by atoms with Crippen LogP contribution in [0.3, 0.4) is 0 Å². The van der Waals surface area contributed by atoms with Crippen molar-refractivity contribution in [2.75, 3.05) is 33.2 Å². The SMILES string of the molecule is COc1ccc(C(=O)N2CCC(CCCl)C2)c(OC)c1. The monoisotopic (exact) mass is 297 g/mol. The molecule has 1 heterocycles. The number of nitrogens with zero attached hydrogens (tertiary/aromatic N) is 1. The summed E-state index contributed by atoms with van der Waals surface area (Å²) in [4.78, 5) is 14.4. The van der Waals surface area contributed by atoms with Gasteiger partial charge in [-0.3, -0.25) is 4.79 Å². The summed E-state index contributed by atoms with van der Waals surface area (Å²) < 4.78 is 10.4. The van der Waals surface area contributed by atoms with Gasteiger partial charge in [0.2, 0.25) is 0 Å². The molecular formula is C15H20ClNO3. The van der Waals surface area contributed by atoms with Crippen molar-refractivity contribution in [2.24, 2.45) is 5.92 Å². The minimum Gasteiger partial charge on any atom is -0.497 e. The summed E-state index contributed by atoms with van der Waals surface area (Å²) in [7, 11) is 3.15. The molecular weight excluding hydrogens is 278 g/mol. The van der Waals surface area contributed by atoms with Crippen LogP contribution in [0.5, 0.6) is 11.5 Å². The molecule has 1 aromatic rings. The highest BCUT2D eigenvalue weighted by Gasteiger charge is 2.28. The number of alkyl halides is 1. The number of amides is 1. The van der Waals surface area contributed by atoms with E-state index in [4.69, 9.17) is 21.1 Å². The highest BCUT2D eigenvalue weighted by Crippen LogP contribution is 2.28. The Morgan fingerprint density at radius 3 is 2.85 bits per heavy atom. The zero-order valence-electron chi connectivity index (χ0n) is 11.9. The molecule has 20 heavy (non-hydrogen) atoms. The van der Waals surface area contributed by atoms with Crippen LogP contribution >= 0.6 is 11.6 Å². The molecule has 0 aliphatic carbocycles. The van der Waals surface area contributed by atoms with Crippen molar-refractivity contribution >= 4 is 17.5 Å². The van der Waals surface area contributed by atoms with E-state index in [-0.39, 0.29) is 5.91 Å². The molecule has 1 fully saturated rings. The Balaban J connectivity index is 2.13. The van der Waals surface area contributed by atoms with Gasteiger partial charge in [-0.15, -0.1) is 11.6 Å². The van der Waals surface area contributed by atoms with Gasteiger partial charge in [-0.25, -0.2) is 0 Å². The second-order valence-electron chi connectivity index (χ2n) is 4.95. The predicted molar refractivity (Wildman–Crippen MR) is 78.9 cm³/mol. The van der Waals surface area contributed by atoms with Crippen LogP contribution in [0.25, 0.3) is 0 Å². The minimum atomic E-state index is 0.0153. The van der Waals surface area contributed by atoms with Gasteiger partial charge in [-0.2, -0.15) is 0 Å². The van der Waals surface area contributed by atoms with Crippen LogP contribution in [-0.4, -0.2) is 44.0 Å². The molecule has 1 aromatic carbocycles. The van der Waals surface area contributed by atoms with Crippen LogP contribution < -0.4 is 9.47 Å². The summed E-state index contributed by atoms with van der Waals surface area (Å²) >= 11 is 5.77. The number of ether oxygens (including phenoxy) is 2. The summed E-state index contributed by atoms with van der Waals surface area (Å²) in [5.74, 6) is 2.41. The molecule has 1 aliphatic rings. The third-order valence-electron chi connectivity index (χ3n) is 3.73. The van der Waals surface area contributed by atoms with Crippen LogP contribution in [0.1, 0.15) is 23.2 Å². The summed E-state index contributed by atoms with van der Waals surface area (Å²) in [6, 6.07) is 5.27. The molecule has 0 aromatic heterocycles. The Morgan fingerprint density at radius 1 is 1.40 bits per heavy atom. The number of hydrogen-bond donors (Lipinski definition) is 0. The maximum Gasteiger partial charge on any atom is 0.257 e. The molecule has 0 spiro atoms. The molecule has 0 bridgehead atoms. The van der Waals surface area contributed by atoms with E-state index in [1.165, 1.54) is 0 Å². The average Bonchev–Trinajstić information content (AvgIpc) is 2.94. The second kappa shape index (κ2) is 6.84. The molecule has 1 atom stereocenters. The molecule has 2 rings (SSSR count). The molecule has 1 unspecified atom stereocenters. The van der Waals surface area contributed by atoms with E-state index < -0.39 is 0 Å². The van der Waals surface area contributed by atoms with Crippen molar-refractivity contribution in [1.82, 2.24) is 4.90 Å². The van der Waals surface area contributed by atoms with E-state index in [0.29, 0.717) is 28.9 Å². The van der Waals surface area contributed by atoms with Crippen LogP contribution in [0, 0.1) is 5.92 Å². The zero-order chi connectivity index (χ0) is 14.5. The average molecular weight is 298 g/mol. The lowest BCUT2D eigenvalue weighted by atomic mass is 10.1. The summed E-state index contributed by atoms with van der Waals surface area (Å²) in [6.07, 6.45) is 1.99. The molecule has 5 heteroatoms. The fraction of sp³-hybridized carbons (Fsp3) is 0.533. The molecule has 1 amide bonds. The van der Waals surface area contributed by atoms with Crippen molar-refractivity contribution in [3.63, 3.8) is 0 Å². The van der Waals surface area contributed by atoms with Crippen molar-refractivity contribution < 1.29 is 14.3 Å². The third kappa shape index (κ3) is 3.18. The maximum atomic E-state index is 12.5. The number of benzene rings is 1. The minimum absolute atomic E-state index is 0.0153. The number of hydrogen-bond acceptors (Lipinski definition) is 3. The lowest BCUT2D eigenvalue weighted by Gasteiger charge is -2.18. The standard InChI is InChI=1S/C15H20ClNO3/c1-19-12-3-4-13(14(9-12)20-2)15(18)17-8-6-11(10-17)5-7-16/h3-4,9,11H,5-8,10H2,1-2H3. The number of halogens is 1. The molecule has 1 aliphatic heterocycles. The van der Waals surface area contributed by atoms with E-state index in [2.05, 4.69) is 0 Å². The number of carbonyl (C=O) groups is 1. The first-order valence-electron chi connectivity index (χ1n) is 6.76. The Labute approximate surface area is 124 Å². The summed E-state index contributed by atoms with van der Waals surface area (Å²) in [6.45, 7) is 1.57. The molecule has 4 nitrogen and oxygen atoms in total.